The van der Waals surface area contributed by atoms with E-state index < -0.39 is 7.12 Å². The zero-order valence-electron chi connectivity index (χ0n) is 10.3. The predicted molar refractivity (Wildman–Crippen MR) is 68.4 cm³/mol. The highest BCUT2D eigenvalue weighted by Crippen LogP contribution is 2.04. The molecule has 17 heavy (non-hydrogen) atoms. The quantitative estimate of drug-likeness (QED) is 0.533. The highest BCUT2D eigenvalue weighted by atomic mass is 16.4. The van der Waals surface area contributed by atoms with Gasteiger partial charge in [0.2, 0.25) is 0 Å². The predicted octanol–water partition coefficient (Wildman–Crippen LogP) is -0.109. The Morgan fingerprint density at radius 2 is 1.82 bits per heavy atom. The van der Waals surface area contributed by atoms with Gasteiger partial charge in [0.15, 0.2) is 5.78 Å². The zero-order valence-corrected chi connectivity index (χ0v) is 10.3. The van der Waals surface area contributed by atoms with Crippen LogP contribution in [0.15, 0.2) is 24.3 Å². The molecule has 1 rings (SSSR count). The number of benzene rings is 1. The van der Waals surface area contributed by atoms with Crippen LogP contribution in [0.5, 0.6) is 0 Å². The first-order valence-corrected chi connectivity index (χ1v) is 5.64. The third kappa shape index (κ3) is 4.69. The summed E-state index contributed by atoms with van der Waals surface area (Å²) in [5, 5.41) is 17.8. The average molecular weight is 235 g/mol. The molecule has 0 aliphatic carbocycles. The maximum Gasteiger partial charge on any atom is 0.488 e. The van der Waals surface area contributed by atoms with Crippen molar-refractivity contribution in [2.24, 2.45) is 0 Å². The van der Waals surface area contributed by atoms with Gasteiger partial charge in [0.1, 0.15) is 0 Å². The van der Waals surface area contributed by atoms with Gasteiger partial charge in [-0.05, 0) is 32.5 Å². The minimum atomic E-state index is -1.48. The van der Waals surface area contributed by atoms with Crippen LogP contribution >= 0.6 is 0 Å². The van der Waals surface area contributed by atoms with Crippen LogP contribution in [0.3, 0.4) is 0 Å². The van der Waals surface area contributed by atoms with Gasteiger partial charge < -0.3 is 14.9 Å². The van der Waals surface area contributed by atoms with Gasteiger partial charge >= 0.3 is 7.12 Å². The van der Waals surface area contributed by atoms with Crippen LogP contribution in [0.1, 0.15) is 23.2 Å². The van der Waals surface area contributed by atoms with Crippen molar-refractivity contribution in [2.45, 2.75) is 12.8 Å². The molecule has 0 aromatic heterocycles. The van der Waals surface area contributed by atoms with Crippen molar-refractivity contribution < 1.29 is 14.8 Å². The fourth-order valence-electron chi connectivity index (χ4n) is 1.54. The molecule has 4 nitrogen and oxygen atoms in total. The molecule has 1 aromatic carbocycles. The van der Waals surface area contributed by atoms with Gasteiger partial charge in [-0.1, -0.05) is 24.3 Å². The normalized spacial score (nSPS) is 10.6. The molecule has 0 bridgehead atoms. The first kappa shape index (κ1) is 13.9. The first-order chi connectivity index (χ1) is 8.00. The van der Waals surface area contributed by atoms with E-state index in [1.54, 1.807) is 24.3 Å². The Hall–Kier alpha value is -1.17. The Bertz CT molecular complexity index is 363. The Morgan fingerprint density at radius 3 is 2.29 bits per heavy atom. The molecule has 0 heterocycles. The molecule has 0 saturated heterocycles. The van der Waals surface area contributed by atoms with Crippen molar-refractivity contribution in [2.75, 3.05) is 20.6 Å². The highest BCUT2D eigenvalue weighted by molar-refractivity contribution is 6.58. The van der Waals surface area contributed by atoms with E-state index in [9.17, 15) is 4.79 Å². The molecule has 0 atom stereocenters. The largest absolute Gasteiger partial charge is 0.488 e. The number of ketones is 1. The van der Waals surface area contributed by atoms with E-state index in [1.807, 2.05) is 19.0 Å². The van der Waals surface area contributed by atoms with Gasteiger partial charge in [0, 0.05) is 12.0 Å². The third-order valence-corrected chi connectivity index (χ3v) is 2.54. The maximum absolute atomic E-state index is 11.8. The molecule has 5 heteroatoms. The number of carbonyl (C=O) groups excluding carboxylic acids is 1. The summed E-state index contributed by atoms with van der Waals surface area (Å²) in [6, 6.07) is 6.38. The van der Waals surface area contributed by atoms with Crippen molar-refractivity contribution in [3.05, 3.63) is 29.8 Å². The molecule has 0 unspecified atom stereocenters. The molecule has 2 N–H and O–H groups in total. The van der Waals surface area contributed by atoms with Crippen molar-refractivity contribution in [3.63, 3.8) is 0 Å². The lowest BCUT2D eigenvalue weighted by Crippen LogP contribution is -2.29. The van der Waals surface area contributed by atoms with Crippen molar-refractivity contribution in [3.8, 4) is 0 Å². The van der Waals surface area contributed by atoms with E-state index in [-0.39, 0.29) is 5.78 Å². The Morgan fingerprint density at radius 1 is 1.24 bits per heavy atom. The van der Waals surface area contributed by atoms with Gasteiger partial charge in [-0.25, -0.2) is 0 Å². The highest BCUT2D eigenvalue weighted by Gasteiger charge is 2.11. The summed E-state index contributed by atoms with van der Waals surface area (Å²) in [6.07, 6.45) is 1.34. The molecule has 0 amide bonds. The van der Waals surface area contributed by atoms with Gasteiger partial charge in [0.25, 0.3) is 0 Å². The second kappa shape index (κ2) is 6.54. The molecule has 0 radical (unpaired) electrons. The van der Waals surface area contributed by atoms with Crippen LogP contribution in [-0.4, -0.2) is 48.5 Å². The monoisotopic (exact) mass is 235 g/mol. The molecule has 0 fully saturated rings. The summed E-state index contributed by atoms with van der Waals surface area (Å²) in [5.41, 5.74) is 1.02. The number of carbonyl (C=O) groups is 1. The van der Waals surface area contributed by atoms with E-state index in [0.717, 1.165) is 13.0 Å². The van der Waals surface area contributed by atoms with Gasteiger partial charge in [0.05, 0.1) is 0 Å². The van der Waals surface area contributed by atoms with Crippen LogP contribution in [0.4, 0.5) is 0 Å². The minimum absolute atomic E-state index is 0.0887. The topological polar surface area (TPSA) is 60.8 Å². The second-order valence-corrected chi connectivity index (χ2v) is 4.33. The Balaban J connectivity index is 2.52. The van der Waals surface area contributed by atoms with E-state index in [4.69, 9.17) is 10.0 Å². The molecule has 0 aliphatic rings. The summed E-state index contributed by atoms with van der Waals surface area (Å²) in [4.78, 5) is 13.8. The van der Waals surface area contributed by atoms with E-state index >= 15 is 0 Å². The van der Waals surface area contributed by atoms with Crippen LogP contribution in [0.2, 0.25) is 0 Å². The van der Waals surface area contributed by atoms with Crippen LogP contribution in [-0.2, 0) is 0 Å². The Labute approximate surface area is 102 Å². The lowest BCUT2D eigenvalue weighted by molar-refractivity contribution is 0.0977. The first-order valence-electron chi connectivity index (χ1n) is 5.64. The van der Waals surface area contributed by atoms with Gasteiger partial charge in [-0.15, -0.1) is 0 Å². The number of rotatable bonds is 6. The molecule has 0 aliphatic heterocycles. The SMILES string of the molecule is CN(C)CCCC(=O)c1ccc(B(O)O)cc1. The summed E-state index contributed by atoms with van der Waals surface area (Å²) in [6.45, 7) is 0.888. The molecule has 0 spiro atoms. The smallest absolute Gasteiger partial charge is 0.423 e. The van der Waals surface area contributed by atoms with E-state index in [1.165, 1.54) is 0 Å². The fraction of sp³-hybridized carbons (Fsp3) is 0.417. The summed E-state index contributed by atoms with van der Waals surface area (Å²) < 4.78 is 0. The second-order valence-electron chi connectivity index (χ2n) is 4.33. The molecular formula is C12H18BNO3. The summed E-state index contributed by atoms with van der Waals surface area (Å²) in [7, 11) is 2.47. The number of hydrogen-bond donors (Lipinski definition) is 2. The lowest BCUT2D eigenvalue weighted by atomic mass is 9.80. The Kier molecular flexibility index (Phi) is 5.35. The van der Waals surface area contributed by atoms with Crippen molar-refractivity contribution >= 4 is 18.4 Å². The summed E-state index contributed by atoms with van der Waals surface area (Å²) >= 11 is 0. The standard InChI is InChI=1S/C12H18BNO3/c1-14(2)9-3-4-12(15)10-5-7-11(8-6-10)13(16)17/h5-8,16-17H,3-4,9H2,1-2H3. The zero-order chi connectivity index (χ0) is 12.8. The van der Waals surface area contributed by atoms with Gasteiger partial charge in [-0.3, -0.25) is 4.79 Å². The molecule has 0 saturated carbocycles. The van der Waals surface area contributed by atoms with Crippen LogP contribution < -0.4 is 5.46 Å². The van der Waals surface area contributed by atoms with E-state index in [0.29, 0.717) is 17.4 Å². The number of Topliss-reactive ketones (excluding diaryl/α,β-unsaturated/α-hetero) is 1. The molecule has 92 valence electrons. The van der Waals surface area contributed by atoms with Gasteiger partial charge in [-0.2, -0.15) is 0 Å². The molecular weight excluding hydrogens is 217 g/mol. The van der Waals surface area contributed by atoms with Crippen molar-refractivity contribution in [1.82, 2.24) is 4.90 Å². The summed E-state index contributed by atoms with van der Waals surface area (Å²) in [5.74, 6) is 0.0887. The van der Waals surface area contributed by atoms with Crippen LogP contribution in [0.25, 0.3) is 0 Å². The van der Waals surface area contributed by atoms with Crippen LogP contribution in [0, 0.1) is 0 Å². The minimum Gasteiger partial charge on any atom is -0.423 e. The number of hydrogen-bond acceptors (Lipinski definition) is 4. The maximum atomic E-state index is 11.8. The van der Waals surface area contributed by atoms with Crippen molar-refractivity contribution in [1.29, 1.82) is 0 Å². The number of nitrogens with zero attached hydrogens (tertiary/aromatic N) is 1. The lowest BCUT2D eigenvalue weighted by Gasteiger charge is -2.08. The average Bonchev–Trinajstić information content (AvgIpc) is 2.28. The molecule has 1 aromatic rings. The van der Waals surface area contributed by atoms with E-state index in [2.05, 4.69) is 0 Å². The third-order valence-electron chi connectivity index (χ3n) is 2.54. The fourth-order valence-corrected chi connectivity index (χ4v) is 1.54.